The fourth-order valence-electron chi connectivity index (χ4n) is 0.756. The average molecular weight is 141 g/mol. The van der Waals surface area contributed by atoms with Crippen molar-refractivity contribution in [3.8, 4) is 0 Å². The minimum Gasteiger partial charge on any atom is -0.205 e. The molecule has 2 heteroatoms. The lowest BCUT2D eigenvalue weighted by atomic mass is 10.1. The summed E-state index contributed by atoms with van der Waals surface area (Å²) in [6.07, 6.45) is -2.38. The van der Waals surface area contributed by atoms with Gasteiger partial charge in [-0.3, -0.25) is 0 Å². The minimum atomic E-state index is -2.38. The van der Waals surface area contributed by atoms with E-state index < -0.39 is 6.43 Å². The van der Waals surface area contributed by atoms with E-state index in [0.717, 1.165) is 0 Å². The van der Waals surface area contributed by atoms with Crippen LogP contribution in [-0.4, -0.2) is 0 Å². The normalized spacial score (nSPS) is 10.4. The average Bonchev–Trinajstić information content (AvgIpc) is 1.88. The van der Waals surface area contributed by atoms with E-state index in [9.17, 15) is 8.78 Å². The number of alkyl halides is 2. The van der Waals surface area contributed by atoms with E-state index in [-0.39, 0.29) is 5.56 Å². The third-order valence-corrected chi connectivity index (χ3v) is 1.36. The Morgan fingerprint density at radius 2 is 2.20 bits per heavy atom. The van der Waals surface area contributed by atoms with Gasteiger partial charge < -0.3 is 0 Å². The second-order valence-electron chi connectivity index (χ2n) is 2.08. The molecule has 0 bridgehead atoms. The zero-order valence-corrected chi connectivity index (χ0v) is 5.57. The van der Waals surface area contributed by atoms with Gasteiger partial charge in [-0.15, -0.1) is 0 Å². The van der Waals surface area contributed by atoms with E-state index in [1.165, 1.54) is 6.07 Å². The summed E-state index contributed by atoms with van der Waals surface area (Å²) in [6.45, 7) is 1.66. The van der Waals surface area contributed by atoms with E-state index >= 15 is 0 Å². The Hall–Kier alpha value is -0.920. The van der Waals surface area contributed by atoms with Crippen molar-refractivity contribution in [1.82, 2.24) is 0 Å². The van der Waals surface area contributed by atoms with Crippen LogP contribution >= 0.6 is 0 Å². The lowest BCUT2D eigenvalue weighted by Crippen LogP contribution is -1.87. The molecule has 0 nitrogen and oxygen atoms in total. The van der Waals surface area contributed by atoms with Gasteiger partial charge in [-0.05, 0) is 24.6 Å². The third-order valence-electron chi connectivity index (χ3n) is 1.36. The lowest BCUT2D eigenvalue weighted by Gasteiger charge is -2.01. The summed E-state index contributed by atoms with van der Waals surface area (Å²) in [7, 11) is 0. The zero-order chi connectivity index (χ0) is 7.56. The van der Waals surface area contributed by atoms with Gasteiger partial charge in [-0.2, -0.15) is 0 Å². The monoisotopic (exact) mass is 141 g/mol. The fraction of sp³-hybridized carbons (Fsp3) is 0.250. The smallest absolute Gasteiger partial charge is 0.205 e. The minimum absolute atomic E-state index is 0.0718. The molecule has 0 unspecified atom stereocenters. The Labute approximate surface area is 58.5 Å². The first-order valence-electron chi connectivity index (χ1n) is 2.96. The highest BCUT2D eigenvalue weighted by molar-refractivity contribution is 5.25. The van der Waals surface area contributed by atoms with Crippen LogP contribution in [0.5, 0.6) is 0 Å². The number of rotatable bonds is 1. The molecule has 0 atom stereocenters. The Kier molecular flexibility index (Phi) is 2.00. The van der Waals surface area contributed by atoms with Crippen LogP contribution in [-0.2, 0) is 0 Å². The van der Waals surface area contributed by atoms with Crippen LogP contribution < -0.4 is 0 Å². The van der Waals surface area contributed by atoms with Gasteiger partial charge in [0, 0.05) is 5.56 Å². The van der Waals surface area contributed by atoms with E-state index in [1.807, 2.05) is 0 Å². The molecule has 0 aliphatic heterocycles. The highest BCUT2D eigenvalue weighted by atomic mass is 19.3. The molecule has 0 N–H and O–H groups in total. The Morgan fingerprint density at radius 1 is 1.50 bits per heavy atom. The lowest BCUT2D eigenvalue weighted by molar-refractivity contribution is 0.150. The van der Waals surface area contributed by atoms with Gasteiger partial charge in [0.15, 0.2) is 0 Å². The van der Waals surface area contributed by atoms with Gasteiger partial charge in [-0.1, -0.05) is 12.1 Å². The van der Waals surface area contributed by atoms with Crippen molar-refractivity contribution in [2.45, 2.75) is 13.3 Å². The van der Waals surface area contributed by atoms with Gasteiger partial charge in [0.1, 0.15) is 0 Å². The van der Waals surface area contributed by atoms with Gasteiger partial charge in [-0.25, -0.2) is 8.78 Å². The summed E-state index contributed by atoms with van der Waals surface area (Å²) in [4.78, 5) is 0. The Bertz CT molecular complexity index is 218. The molecule has 0 amide bonds. The molecular formula is C8H7F2. The van der Waals surface area contributed by atoms with Crippen molar-refractivity contribution in [1.29, 1.82) is 0 Å². The number of halogens is 2. The Balaban J connectivity index is 3.03. The molecule has 0 aromatic heterocycles. The van der Waals surface area contributed by atoms with Gasteiger partial charge in [0.2, 0.25) is 0 Å². The van der Waals surface area contributed by atoms with E-state index in [2.05, 4.69) is 6.07 Å². The molecule has 0 aliphatic rings. The second-order valence-corrected chi connectivity index (χ2v) is 2.08. The van der Waals surface area contributed by atoms with Crippen molar-refractivity contribution in [2.75, 3.05) is 0 Å². The largest absolute Gasteiger partial charge is 0.264 e. The highest BCUT2D eigenvalue weighted by Gasteiger charge is 2.07. The summed E-state index contributed by atoms with van der Waals surface area (Å²) in [5.74, 6) is 0. The van der Waals surface area contributed by atoms with Crippen LogP contribution in [0.15, 0.2) is 18.2 Å². The van der Waals surface area contributed by atoms with Crippen LogP contribution in [0.1, 0.15) is 17.6 Å². The van der Waals surface area contributed by atoms with Crippen LogP contribution in [0.25, 0.3) is 0 Å². The second kappa shape index (κ2) is 2.78. The number of hydrogen-bond donors (Lipinski definition) is 0. The van der Waals surface area contributed by atoms with Crippen molar-refractivity contribution in [2.24, 2.45) is 0 Å². The molecule has 0 fully saturated rings. The molecule has 53 valence electrons. The van der Waals surface area contributed by atoms with Crippen molar-refractivity contribution in [3.05, 3.63) is 35.4 Å². The predicted molar refractivity (Wildman–Crippen MR) is 35.0 cm³/mol. The zero-order valence-electron chi connectivity index (χ0n) is 5.57. The van der Waals surface area contributed by atoms with Gasteiger partial charge in [0.25, 0.3) is 6.43 Å². The maximum Gasteiger partial charge on any atom is 0.264 e. The van der Waals surface area contributed by atoms with E-state index in [0.29, 0.717) is 5.56 Å². The highest BCUT2D eigenvalue weighted by Crippen LogP contribution is 2.20. The maximum atomic E-state index is 12.0. The molecule has 0 saturated carbocycles. The van der Waals surface area contributed by atoms with E-state index in [1.54, 1.807) is 19.1 Å². The molecule has 0 aliphatic carbocycles. The molecule has 1 radical (unpaired) electrons. The predicted octanol–water partition coefficient (Wildman–Crippen LogP) is 2.73. The topological polar surface area (TPSA) is 0 Å². The van der Waals surface area contributed by atoms with Crippen LogP contribution in [0.4, 0.5) is 8.78 Å². The van der Waals surface area contributed by atoms with Crippen molar-refractivity contribution >= 4 is 0 Å². The van der Waals surface area contributed by atoms with E-state index in [4.69, 9.17) is 0 Å². The Morgan fingerprint density at radius 3 is 2.60 bits per heavy atom. The molecule has 1 aromatic rings. The standard InChI is InChI=1S/C8H7F2/c1-6-4-2-3-5-7(6)8(9)10/h2,4-5,8H,1H3. The number of aryl methyl sites for hydroxylation is 1. The van der Waals surface area contributed by atoms with Crippen molar-refractivity contribution in [3.63, 3.8) is 0 Å². The van der Waals surface area contributed by atoms with Crippen LogP contribution in [0, 0.1) is 13.0 Å². The van der Waals surface area contributed by atoms with Crippen LogP contribution in [0.2, 0.25) is 0 Å². The first-order chi connectivity index (χ1) is 4.72. The third kappa shape index (κ3) is 1.32. The van der Waals surface area contributed by atoms with Crippen LogP contribution in [0.3, 0.4) is 0 Å². The summed E-state index contributed by atoms with van der Waals surface area (Å²) < 4.78 is 24.0. The summed E-state index contributed by atoms with van der Waals surface area (Å²) in [6, 6.07) is 7.18. The first kappa shape index (κ1) is 7.19. The summed E-state index contributed by atoms with van der Waals surface area (Å²) >= 11 is 0. The number of benzene rings is 1. The molecule has 0 spiro atoms. The fourth-order valence-corrected chi connectivity index (χ4v) is 0.756. The molecular weight excluding hydrogens is 134 g/mol. The number of hydrogen-bond acceptors (Lipinski definition) is 0. The van der Waals surface area contributed by atoms with Crippen molar-refractivity contribution < 1.29 is 8.78 Å². The summed E-state index contributed by atoms with van der Waals surface area (Å²) in [5.41, 5.74) is 0.691. The molecule has 1 rings (SSSR count). The molecule has 0 heterocycles. The summed E-state index contributed by atoms with van der Waals surface area (Å²) in [5, 5.41) is 0. The SMILES string of the molecule is Cc1cc[c]cc1C(F)F. The first-order valence-corrected chi connectivity index (χ1v) is 2.96. The van der Waals surface area contributed by atoms with Gasteiger partial charge in [0.05, 0.1) is 0 Å². The van der Waals surface area contributed by atoms with Gasteiger partial charge >= 0.3 is 0 Å². The molecule has 1 aromatic carbocycles. The maximum absolute atomic E-state index is 12.0. The molecule has 10 heavy (non-hydrogen) atoms. The molecule has 0 saturated heterocycles. The quantitative estimate of drug-likeness (QED) is 0.564.